The molecule has 31 heavy (non-hydrogen) atoms. The second kappa shape index (κ2) is 10.4. The highest BCUT2D eigenvalue weighted by atomic mass is 16.5. The molecule has 0 atom stereocenters. The number of rotatable bonds is 7. The Balaban J connectivity index is 1.20. The zero-order chi connectivity index (χ0) is 21.5. The molecule has 0 aromatic heterocycles. The van der Waals surface area contributed by atoms with Crippen molar-refractivity contribution in [2.75, 3.05) is 31.1 Å². The predicted octanol–water partition coefficient (Wildman–Crippen LogP) is 3.49. The van der Waals surface area contributed by atoms with Gasteiger partial charge in [-0.15, -0.1) is 0 Å². The number of para-hydroxylation sites is 2. The van der Waals surface area contributed by atoms with Crippen LogP contribution in [0.3, 0.4) is 0 Å². The van der Waals surface area contributed by atoms with Crippen molar-refractivity contribution in [1.29, 1.82) is 0 Å². The number of carbonyl (C=O) groups is 2. The van der Waals surface area contributed by atoms with E-state index in [4.69, 9.17) is 4.74 Å². The van der Waals surface area contributed by atoms with Gasteiger partial charge in [-0.25, -0.2) is 0 Å². The SMILES string of the molecule is O=C(CCC(=O)N1CCOc2ccccc21)NCc1ccc(CN2CCCCC2)cc1. The molecule has 4 rings (SSSR count). The van der Waals surface area contributed by atoms with Crippen LogP contribution in [0, 0.1) is 0 Å². The van der Waals surface area contributed by atoms with Crippen LogP contribution in [-0.4, -0.2) is 43.0 Å². The second-order valence-electron chi connectivity index (χ2n) is 8.29. The predicted molar refractivity (Wildman–Crippen MR) is 121 cm³/mol. The largest absolute Gasteiger partial charge is 0.490 e. The third-order valence-electron chi connectivity index (χ3n) is 5.96. The van der Waals surface area contributed by atoms with Gasteiger partial charge in [-0.2, -0.15) is 0 Å². The topological polar surface area (TPSA) is 61.9 Å². The maximum absolute atomic E-state index is 12.6. The van der Waals surface area contributed by atoms with E-state index in [1.165, 1.54) is 37.9 Å². The number of carbonyl (C=O) groups excluding carboxylic acids is 2. The lowest BCUT2D eigenvalue weighted by Gasteiger charge is -2.29. The van der Waals surface area contributed by atoms with Gasteiger partial charge in [0.1, 0.15) is 12.4 Å². The van der Waals surface area contributed by atoms with Crippen LogP contribution in [0.1, 0.15) is 43.2 Å². The van der Waals surface area contributed by atoms with Crippen molar-refractivity contribution in [2.45, 2.75) is 45.2 Å². The Morgan fingerprint density at radius 2 is 1.61 bits per heavy atom. The van der Waals surface area contributed by atoms with Crippen molar-refractivity contribution in [3.8, 4) is 5.75 Å². The molecule has 2 heterocycles. The van der Waals surface area contributed by atoms with Gasteiger partial charge < -0.3 is 15.0 Å². The third-order valence-corrected chi connectivity index (χ3v) is 5.96. The van der Waals surface area contributed by atoms with Crippen molar-refractivity contribution < 1.29 is 14.3 Å². The van der Waals surface area contributed by atoms with E-state index >= 15 is 0 Å². The molecule has 0 spiro atoms. The standard InChI is InChI=1S/C25H31N3O3/c29-24(12-13-25(30)28-16-17-31-23-7-3-2-6-22(23)28)26-18-20-8-10-21(11-9-20)19-27-14-4-1-5-15-27/h2-3,6-11H,1,4-5,12-19H2,(H,26,29). The average Bonchev–Trinajstić information content (AvgIpc) is 2.82. The number of likely N-dealkylation sites (tertiary alicyclic amines) is 1. The first-order valence-electron chi connectivity index (χ1n) is 11.3. The summed E-state index contributed by atoms with van der Waals surface area (Å²) >= 11 is 0. The lowest BCUT2D eigenvalue weighted by molar-refractivity contribution is -0.125. The van der Waals surface area contributed by atoms with Crippen LogP contribution in [0.25, 0.3) is 0 Å². The number of hydrogen-bond acceptors (Lipinski definition) is 4. The molecule has 2 amide bonds. The molecule has 1 saturated heterocycles. The molecule has 0 radical (unpaired) electrons. The number of benzene rings is 2. The Bertz CT molecular complexity index is 891. The first-order valence-corrected chi connectivity index (χ1v) is 11.3. The van der Waals surface area contributed by atoms with E-state index in [0.717, 1.165) is 23.5 Å². The monoisotopic (exact) mass is 421 g/mol. The van der Waals surface area contributed by atoms with E-state index in [-0.39, 0.29) is 24.7 Å². The van der Waals surface area contributed by atoms with Crippen molar-refractivity contribution in [2.24, 2.45) is 0 Å². The molecule has 1 N–H and O–H groups in total. The van der Waals surface area contributed by atoms with Crippen LogP contribution in [0.4, 0.5) is 5.69 Å². The van der Waals surface area contributed by atoms with Gasteiger partial charge >= 0.3 is 0 Å². The van der Waals surface area contributed by atoms with Crippen molar-refractivity contribution in [3.05, 3.63) is 59.7 Å². The van der Waals surface area contributed by atoms with Crippen molar-refractivity contribution in [1.82, 2.24) is 10.2 Å². The summed E-state index contributed by atoms with van der Waals surface area (Å²) in [6, 6.07) is 16.0. The van der Waals surface area contributed by atoms with Crippen LogP contribution >= 0.6 is 0 Å². The Labute approximate surface area is 184 Å². The van der Waals surface area contributed by atoms with Gasteiger partial charge in [-0.05, 0) is 49.2 Å². The summed E-state index contributed by atoms with van der Waals surface area (Å²) in [5, 5.41) is 2.93. The lowest BCUT2D eigenvalue weighted by Crippen LogP contribution is -2.38. The number of ether oxygens (including phenoxy) is 1. The number of fused-ring (bicyclic) bond motifs is 1. The van der Waals surface area contributed by atoms with Crippen LogP contribution in [0.15, 0.2) is 48.5 Å². The number of hydrogen-bond donors (Lipinski definition) is 1. The van der Waals surface area contributed by atoms with Gasteiger partial charge in [0.05, 0.1) is 12.2 Å². The maximum atomic E-state index is 12.6. The molecule has 0 unspecified atom stereocenters. The molecule has 1 fully saturated rings. The fourth-order valence-corrected chi connectivity index (χ4v) is 4.21. The molecule has 2 aliphatic rings. The minimum Gasteiger partial charge on any atom is -0.490 e. The van der Waals surface area contributed by atoms with Crippen LogP contribution in [-0.2, 0) is 22.7 Å². The van der Waals surface area contributed by atoms with E-state index in [2.05, 4.69) is 34.5 Å². The Morgan fingerprint density at radius 3 is 2.42 bits per heavy atom. The molecule has 164 valence electrons. The van der Waals surface area contributed by atoms with Gasteiger partial charge in [0.25, 0.3) is 0 Å². The summed E-state index contributed by atoms with van der Waals surface area (Å²) in [7, 11) is 0. The summed E-state index contributed by atoms with van der Waals surface area (Å²) in [6.07, 6.45) is 4.32. The highest BCUT2D eigenvalue weighted by molar-refractivity contribution is 5.97. The van der Waals surface area contributed by atoms with Crippen molar-refractivity contribution >= 4 is 17.5 Å². The smallest absolute Gasteiger partial charge is 0.227 e. The zero-order valence-electron chi connectivity index (χ0n) is 18.0. The molecule has 0 aliphatic carbocycles. The summed E-state index contributed by atoms with van der Waals surface area (Å²) < 4.78 is 5.59. The second-order valence-corrected chi connectivity index (χ2v) is 8.29. The lowest BCUT2D eigenvalue weighted by atomic mass is 10.1. The molecular formula is C25H31N3O3. The van der Waals surface area contributed by atoms with Gasteiger partial charge in [0.15, 0.2) is 0 Å². The van der Waals surface area contributed by atoms with Crippen LogP contribution in [0.2, 0.25) is 0 Å². The molecule has 2 aromatic carbocycles. The highest BCUT2D eigenvalue weighted by Crippen LogP contribution is 2.31. The Kier molecular flexibility index (Phi) is 7.20. The van der Waals surface area contributed by atoms with E-state index in [1.54, 1.807) is 4.90 Å². The molecule has 0 bridgehead atoms. The summed E-state index contributed by atoms with van der Waals surface area (Å²) in [5.74, 6) is 0.565. The number of piperidine rings is 1. The Morgan fingerprint density at radius 1 is 0.871 bits per heavy atom. The normalized spacial score (nSPS) is 16.3. The molecule has 6 heteroatoms. The summed E-state index contributed by atoms with van der Waals surface area (Å²) in [4.78, 5) is 29.1. The number of nitrogens with one attached hydrogen (secondary N) is 1. The fraction of sp³-hybridized carbons (Fsp3) is 0.440. The first-order chi connectivity index (χ1) is 15.2. The molecule has 2 aliphatic heterocycles. The Hall–Kier alpha value is -2.86. The van der Waals surface area contributed by atoms with Gasteiger partial charge in [-0.1, -0.05) is 42.8 Å². The van der Waals surface area contributed by atoms with E-state index in [9.17, 15) is 9.59 Å². The average molecular weight is 422 g/mol. The van der Waals surface area contributed by atoms with Gasteiger partial charge in [0, 0.05) is 25.9 Å². The van der Waals surface area contributed by atoms with E-state index < -0.39 is 0 Å². The van der Waals surface area contributed by atoms with Gasteiger partial charge in [0.2, 0.25) is 11.8 Å². The maximum Gasteiger partial charge on any atom is 0.227 e. The van der Waals surface area contributed by atoms with Gasteiger partial charge in [-0.3, -0.25) is 14.5 Å². The molecule has 0 saturated carbocycles. The molecule has 6 nitrogen and oxygen atoms in total. The van der Waals surface area contributed by atoms with E-state index in [1.807, 2.05) is 24.3 Å². The fourth-order valence-electron chi connectivity index (χ4n) is 4.21. The minimum absolute atomic E-state index is 0.0482. The zero-order valence-corrected chi connectivity index (χ0v) is 18.0. The minimum atomic E-state index is -0.104. The molecule has 2 aromatic rings. The number of nitrogens with zero attached hydrogens (tertiary/aromatic N) is 2. The first kappa shape index (κ1) is 21.4. The number of anilines is 1. The van der Waals surface area contributed by atoms with Crippen LogP contribution < -0.4 is 15.0 Å². The quantitative estimate of drug-likeness (QED) is 0.743. The number of amides is 2. The third kappa shape index (κ3) is 5.85. The van der Waals surface area contributed by atoms with E-state index in [0.29, 0.717) is 19.7 Å². The highest BCUT2D eigenvalue weighted by Gasteiger charge is 2.23. The summed E-state index contributed by atoms with van der Waals surface area (Å²) in [5.41, 5.74) is 3.17. The molecular weight excluding hydrogens is 390 g/mol. The van der Waals surface area contributed by atoms with Crippen molar-refractivity contribution in [3.63, 3.8) is 0 Å². The summed E-state index contributed by atoms with van der Waals surface area (Å²) in [6.45, 7) is 4.85. The van der Waals surface area contributed by atoms with Crippen LogP contribution in [0.5, 0.6) is 5.75 Å².